The van der Waals surface area contributed by atoms with Crippen molar-refractivity contribution in [1.82, 2.24) is 4.57 Å². The number of carbonyl (C=O) groups excluding carboxylic acids is 1. The highest BCUT2D eigenvalue weighted by Crippen LogP contribution is 2.31. The molecule has 0 spiro atoms. The van der Waals surface area contributed by atoms with Crippen LogP contribution in [0, 0.1) is 5.92 Å². The van der Waals surface area contributed by atoms with Gasteiger partial charge in [-0.25, -0.2) is 0 Å². The van der Waals surface area contributed by atoms with Crippen LogP contribution in [0.4, 0.5) is 0 Å². The van der Waals surface area contributed by atoms with Crippen molar-refractivity contribution in [3.8, 4) is 0 Å². The van der Waals surface area contributed by atoms with Gasteiger partial charge < -0.3 is 4.57 Å². The Labute approximate surface area is 102 Å². The number of aromatic nitrogens is 1. The molecule has 1 aliphatic rings. The monoisotopic (exact) mass is 277 g/mol. The van der Waals surface area contributed by atoms with Crippen LogP contribution in [0.2, 0.25) is 0 Å². The summed E-state index contributed by atoms with van der Waals surface area (Å²) in [4.78, 5) is 12.0. The van der Waals surface area contributed by atoms with Gasteiger partial charge in [-0.05, 0) is 30.7 Å². The number of Topliss-reactive ketones (excluding diaryl/α,β-unsaturated/α-hetero) is 1. The summed E-state index contributed by atoms with van der Waals surface area (Å²) in [5, 5.41) is 1.15. The number of nitrogens with zero attached hydrogens (tertiary/aromatic N) is 1. The molecule has 0 N–H and O–H groups in total. The molecule has 0 aliphatic carbocycles. The molecule has 0 bridgehead atoms. The molecule has 3 heteroatoms. The molecule has 16 heavy (non-hydrogen) atoms. The predicted octanol–water partition coefficient (Wildman–Crippen LogP) is 3.63. The number of rotatable bonds is 1. The third-order valence-electron chi connectivity index (χ3n) is 3.38. The maximum atomic E-state index is 12.0. The topological polar surface area (TPSA) is 22.0 Å². The van der Waals surface area contributed by atoms with Gasteiger partial charge in [0.1, 0.15) is 0 Å². The zero-order valence-corrected chi connectivity index (χ0v) is 10.6. The van der Waals surface area contributed by atoms with E-state index in [1.165, 1.54) is 5.52 Å². The summed E-state index contributed by atoms with van der Waals surface area (Å²) in [6.45, 7) is 2.92. The summed E-state index contributed by atoms with van der Waals surface area (Å²) in [5.74, 6) is 0.484. The highest BCUT2D eigenvalue weighted by atomic mass is 79.9. The van der Waals surface area contributed by atoms with Crippen LogP contribution in [0.3, 0.4) is 0 Å². The lowest BCUT2D eigenvalue weighted by Crippen LogP contribution is -2.07. The zero-order valence-electron chi connectivity index (χ0n) is 9.03. The second kappa shape index (κ2) is 3.45. The molecule has 1 unspecified atom stereocenters. The van der Waals surface area contributed by atoms with E-state index in [1.807, 2.05) is 12.1 Å². The fraction of sp³-hybridized carbons (Fsp3) is 0.308. The number of hydrogen-bond donors (Lipinski definition) is 0. The number of hydrogen-bond acceptors (Lipinski definition) is 1. The van der Waals surface area contributed by atoms with Gasteiger partial charge in [-0.3, -0.25) is 4.79 Å². The number of carbonyl (C=O) groups is 1. The molecule has 0 saturated carbocycles. The fourth-order valence-electron chi connectivity index (χ4n) is 2.47. The molecule has 2 heterocycles. The summed E-state index contributed by atoms with van der Waals surface area (Å²) in [6, 6.07) is 8.18. The number of benzene rings is 1. The molecule has 2 nitrogen and oxygen atoms in total. The Balaban J connectivity index is 2.23. The van der Waals surface area contributed by atoms with E-state index < -0.39 is 0 Å². The minimum Gasteiger partial charge on any atom is -0.337 e. The molecule has 1 aliphatic heterocycles. The van der Waals surface area contributed by atoms with Crippen molar-refractivity contribution in [2.75, 3.05) is 0 Å². The molecule has 1 aromatic heterocycles. The van der Waals surface area contributed by atoms with Crippen LogP contribution in [0.5, 0.6) is 0 Å². The smallest absolute Gasteiger partial charge is 0.184 e. The van der Waals surface area contributed by atoms with Crippen LogP contribution in [0.1, 0.15) is 23.8 Å². The Morgan fingerprint density at radius 3 is 3.00 bits per heavy atom. The second-order valence-electron chi connectivity index (χ2n) is 4.31. The summed E-state index contributed by atoms with van der Waals surface area (Å²) in [5.41, 5.74) is 2.04. The Hall–Kier alpha value is -1.09. The molecule has 1 aromatic carbocycles. The summed E-state index contributed by atoms with van der Waals surface area (Å²) in [6.07, 6.45) is 0.929. The van der Waals surface area contributed by atoms with Crippen LogP contribution in [0.15, 0.2) is 28.7 Å². The molecule has 0 radical (unpaired) electrons. The van der Waals surface area contributed by atoms with Gasteiger partial charge in [0, 0.05) is 27.8 Å². The predicted molar refractivity (Wildman–Crippen MR) is 67.7 cm³/mol. The molecule has 0 amide bonds. The van der Waals surface area contributed by atoms with Crippen LogP contribution in [0.25, 0.3) is 10.9 Å². The molecular weight excluding hydrogens is 266 g/mol. The number of ketones is 1. The number of halogens is 1. The van der Waals surface area contributed by atoms with Gasteiger partial charge in [-0.15, -0.1) is 0 Å². The molecule has 0 saturated heterocycles. The average Bonchev–Trinajstić information content (AvgIpc) is 2.75. The van der Waals surface area contributed by atoms with Crippen molar-refractivity contribution in [2.45, 2.75) is 19.9 Å². The third kappa shape index (κ3) is 1.27. The van der Waals surface area contributed by atoms with Gasteiger partial charge in [-0.1, -0.05) is 22.9 Å². The first-order valence-corrected chi connectivity index (χ1v) is 6.33. The molecule has 3 rings (SSSR count). The largest absolute Gasteiger partial charge is 0.337 e. The van der Waals surface area contributed by atoms with Crippen molar-refractivity contribution < 1.29 is 4.79 Å². The molecule has 82 valence electrons. The van der Waals surface area contributed by atoms with Gasteiger partial charge in [0.2, 0.25) is 0 Å². The standard InChI is InChI=1S/C13H12BrNO/c1-2-8-7-15-11-4-3-10(14)5-9(11)6-12(15)13(8)16/h3-6,8H,2,7H2,1H3. The van der Waals surface area contributed by atoms with Gasteiger partial charge in [0.25, 0.3) is 0 Å². The van der Waals surface area contributed by atoms with Crippen molar-refractivity contribution in [3.63, 3.8) is 0 Å². The van der Waals surface area contributed by atoms with Crippen LogP contribution < -0.4 is 0 Å². The van der Waals surface area contributed by atoms with Crippen molar-refractivity contribution >= 4 is 32.6 Å². The lowest BCUT2D eigenvalue weighted by Gasteiger charge is -2.04. The van der Waals surface area contributed by atoms with E-state index in [-0.39, 0.29) is 5.92 Å². The Morgan fingerprint density at radius 2 is 2.25 bits per heavy atom. The minimum absolute atomic E-state index is 0.183. The summed E-state index contributed by atoms with van der Waals surface area (Å²) in [7, 11) is 0. The van der Waals surface area contributed by atoms with Crippen molar-refractivity contribution in [1.29, 1.82) is 0 Å². The maximum absolute atomic E-state index is 12.0. The maximum Gasteiger partial charge on any atom is 0.184 e. The van der Waals surface area contributed by atoms with Crippen LogP contribution in [-0.2, 0) is 6.54 Å². The first kappa shape index (κ1) is 10.1. The van der Waals surface area contributed by atoms with Gasteiger partial charge >= 0.3 is 0 Å². The summed E-state index contributed by atoms with van der Waals surface area (Å²) >= 11 is 3.45. The highest BCUT2D eigenvalue weighted by molar-refractivity contribution is 9.10. The Bertz CT molecular complexity index is 585. The summed E-state index contributed by atoms with van der Waals surface area (Å²) < 4.78 is 3.21. The highest BCUT2D eigenvalue weighted by Gasteiger charge is 2.30. The molecule has 2 aromatic rings. The average molecular weight is 278 g/mol. The fourth-order valence-corrected chi connectivity index (χ4v) is 2.85. The third-order valence-corrected chi connectivity index (χ3v) is 3.88. The van der Waals surface area contributed by atoms with E-state index in [1.54, 1.807) is 0 Å². The van der Waals surface area contributed by atoms with Gasteiger partial charge in [0.15, 0.2) is 5.78 Å². The lowest BCUT2D eigenvalue weighted by atomic mass is 10.0. The van der Waals surface area contributed by atoms with Gasteiger partial charge in [0.05, 0.1) is 5.69 Å². The first-order chi connectivity index (χ1) is 7.70. The van der Waals surface area contributed by atoms with Crippen LogP contribution >= 0.6 is 15.9 Å². The zero-order chi connectivity index (χ0) is 11.3. The van der Waals surface area contributed by atoms with E-state index in [2.05, 4.69) is 39.6 Å². The first-order valence-electron chi connectivity index (χ1n) is 5.53. The minimum atomic E-state index is 0.183. The van der Waals surface area contributed by atoms with E-state index in [9.17, 15) is 4.79 Å². The van der Waals surface area contributed by atoms with E-state index in [0.717, 1.165) is 28.5 Å². The van der Waals surface area contributed by atoms with Crippen molar-refractivity contribution in [2.24, 2.45) is 5.92 Å². The van der Waals surface area contributed by atoms with E-state index in [0.29, 0.717) is 5.78 Å². The number of fused-ring (bicyclic) bond motifs is 3. The van der Waals surface area contributed by atoms with E-state index >= 15 is 0 Å². The molecule has 0 fully saturated rings. The van der Waals surface area contributed by atoms with Gasteiger partial charge in [-0.2, -0.15) is 0 Å². The SMILES string of the molecule is CCC1Cn2c(cc3cc(Br)ccc32)C1=O. The normalized spacial score (nSPS) is 19.4. The molecule has 1 atom stereocenters. The lowest BCUT2D eigenvalue weighted by molar-refractivity contribution is 0.0934. The Kier molecular flexibility index (Phi) is 2.18. The Morgan fingerprint density at radius 1 is 1.44 bits per heavy atom. The van der Waals surface area contributed by atoms with E-state index in [4.69, 9.17) is 0 Å². The van der Waals surface area contributed by atoms with Crippen LogP contribution in [-0.4, -0.2) is 10.4 Å². The quantitative estimate of drug-likeness (QED) is 0.780. The molecular formula is C13H12BrNO. The second-order valence-corrected chi connectivity index (χ2v) is 5.23. The van der Waals surface area contributed by atoms with Crippen molar-refractivity contribution in [3.05, 3.63) is 34.4 Å².